The molecular formula is C9H13BO2. The van der Waals surface area contributed by atoms with Crippen LogP contribution < -0.4 is 10.2 Å². The van der Waals surface area contributed by atoms with Gasteiger partial charge in [0.25, 0.3) is 0 Å². The summed E-state index contributed by atoms with van der Waals surface area (Å²) in [4.78, 5) is 0. The zero-order valence-electron chi connectivity index (χ0n) is 7.45. The van der Waals surface area contributed by atoms with Gasteiger partial charge in [0.2, 0.25) is 0 Å². The largest absolute Gasteiger partial charge is 0.494 e. The molecule has 0 fully saturated rings. The molecule has 1 rings (SSSR count). The van der Waals surface area contributed by atoms with Gasteiger partial charge in [0.05, 0.1) is 6.61 Å². The fraction of sp³-hybridized carbons (Fsp3) is 0.333. The molecule has 0 saturated carbocycles. The summed E-state index contributed by atoms with van der Waals surface area (Å²) in [6, 6.07) is 7.47. The molecule has 2 nitrogen and oxygen atoms in total. The first-order valence-corrected chi connectivity index (χ1v) is 4.15. The summed E-state index contributed by atoms with van der Waals surface area (Å²) in [5.41, 5.74) is 0.915. The van der Waals surface area contributed by atoms with E-state index in [1.807, 2.05) is 31.2 Å². The molecule has 0 bridgehead atoms. The minimum Gasteiger partial charge on any atom is -0.494 e. The van der Waals surface area contributed by atoms with Crippen LogP contribution in [0, 0.1) is 0 Å². The van der Waals surface area contributed by atoms with Crippen molar-refractivity contribution < 1.29 is 9.76 Å². The van der Waals surface area contributed by atoms with E-state index >= 15 is 0 Å². The summed E-state index contributed by atoms with van der Waals surface area (Å²) in [5.74, 6) is 0.849. The fourth-order valence-electron chi connectivity index (χ4n) is 1.01. The predicted molar refractivity (Wildman–Crippen MR) is 51.1 cm³/mol. The lowest BCUT2D eigenvalue weighted by Gasteiger charge is -2.04. The third kappa shape index (κ3) is 2.27. The molecule has 64 valence electrons. The van der Waals surface area contributed by atoms with Crippen LogP contribution in [-0.2, 0) is 0 Å². The van der Waals surface area contributed by atoms with E-state index in [1.54, 1.807) is 6.82 Å². The highest BCUT2D eigenvalue weighted by Crippen LogP contribution is 2.06. The fourth-order valence-corrected chi connectivity index (χ4v) is 1.01. The Kier molecular flexibility index (Phi) is 3.17. The Morgan fingerprint density at radius 2 is 1.92 bits per heavy atom. The first-order valence-electron chi connectivity index (χ1n) is 4.15. The Morgan fingerprint density at radius 1 is 1.33 bits per heavy atom. The minimum absolute atomic E-state index is 0.402. The Balaban J connectivity index is 2.71. The van der Waals surface area contributed by atoms with E-state index in [2.05, 4.69) is 0 Å². The maximum atomic E-state index is 9.20. The van der Waals surface area contributed by atoms with Crippen molar-refractivity contribution in [2.75, 3.05) is 6.61 Å². The van der Waals surface area contributed by atoms with Gasteiger partial charge in [-0.25, -0.2) is 0 Å². The standard InChI is InChI=1S/C9H13BO2/c1-3-12-9-6-4-8(5-7-9)10(2)11/h4-7,11H,3H2,1-2H3. The molecule has 0 amide bonds. The molecule has 0 heterocycles. The van der Waals surface area contributed by atoms with Gasteiger partial charge in [-0.05, 0) is 24.5 Å². The van der Waals surface area contributed by atoms with Crippen molar-refractivity contribution in [3.63, 3.8) is 0 Å². The average molecular weight is 164 g/mol. The van der Waals surface area contributed by atoms with Gasteiger partial charge in [-0.1, -0.05) is 19.0 Å². The van der Waals surface area contributed by atoms with E-state index < -0.39 is 6.92 Å². The van der Waals surface area contributed by atoms with Crippen LogP contribution in [-0.4, -0.2) is 18.5 Å². The van der Waals surface area contributed by atoms with Crippen LogP contribution >= 0.6 is 0 Å². The number of benzene rings is 1. The van der Waals surface area contributed by atoms with Crippen molar-refractivity contribution in [2.45, 2.75) is 13.7 Å². The average Bonchev–Trinajstić information content (AvgIpc) is 2.06. The third-order valence-corrected chi connectivity index (χ3v) is 1.67. The lowest BCUT2D eigenvalue weighted by Crippen LogP contribution is -2.25. The van der Waals surface area contributed by atoms with Crippen LogP contribution in [0.25, 0.3) is 0 Å². The second-order valence-corrected chi connectivity index (χ2v) is 2.68. The molecule has 0 aliphatic heterocycles. The van der Waals surface area contributed by atoms with Gasteiger partial charge in [-0.2, -0.15) is 0 Å². The molecule has 3 heteroatoms. The van der Waals surface area contributed by atoms with E-state index in [9.17, 15) is 5.02 Å². The SMILES string of the molecule is CCOc1ccc(B(C)O)cc1. The molecule has 0 aromatic heterocycles. The number of hydrogen-bond acceptors (Lipinski definition) is 2. The molecule has 0 radical (unpaired) electrons. The number of rotatable bonds is 3. The Hall–Kier alpha value is -0.955. The summed E-state index contributed by atoms with van der Waals surface area (Å²) < 4.78 is 5.26. The molecule has 1 aromatic carbocycles. The highest BCUT2D eigenvalue weighted by molar-refractivity contribution is 6.64. The second-order valence-electron chi connectivity index (χ2n) is 2.68. The number of hydrogen-bond donors (Lipinski definition) is 1. The Morgan fingerprint density at radius 3 is 2.33 bits per heavy atom. The normalized spacial score (nSPS) is 9.58. The van der Waals surface area contributed by atoms with Gasteiger partial charge in [0.15, 0.2) is 0 Å². The van der Waals surface area contributed by atoms with E-state index in [0.717, 1.165) is 11.2 Å². The molecule has 0 saturated heterocycles. The highest BCUT2D eigenvalue weighted by atomic mass is 16.5. The van der Waals surface area contributed by atoms with Crippen LogP contribution in [0.4, 0.5) is 0 Å². The molecule has 0 spiro atoms. The quantitative estimate of drug-likeness (QED) is 0.672. The van der Waals surface area contributed by atoms with Crippen molar-refractivity contribution in [1.29, 1.82) is 0 Å². The summed E-state index contributed by atoms with van der Waals surface area (Å²) in [6.45, 7) is 3.97. The first-order chi connectivity index (χ1) is 5.74. The molecule has 12 heavy (non-hydrogen) atoms. The van der Waals surface area contributed by atoms with Crippen molar-refractivity contribution >= 4 is 12.4 Å². The summed E-state index contributed by atoms with van der Waals surface area (Å²) in [5, 5.41) is 9.20. The highest BCUT2D eigenvalue weighted by Gasteiger charge is 2.04. The van der Waals surface area contributed by atoms with E-state index in [1.165, 1.54) is 0 Å². The van der Waals surface area contributed by atoms with Gasteiger partial charge >= 0.3 is 6.92 Å². The zero-order valence-corrected chi connectivity index (χ0v) is 7.45. The maximum Gasteiger partial charge on any atom is 0.320 e. The molecule has 1 N–H and O–H groups in total. The van der Waals surface area contributed by atoms with Gasteiger partial charge in [-0.3, -0.25) is 0 Å². The van der Waals surface area contributed by atoms with E-state index in [4.69, 9.17) is 4.74 Å². The van der Waals surface area contributed by atoms with Crippen LogP contribution in [0.2, 0.25) is 6.82 Å². The molecule has 0 unspecified atom stereocenters. The van der Waals surface area contributed by atoms with E-state index in [-0.39, 0.29) is 0 Å². The van der Waals surface area contributed by atoms with Gasteiger partial charge in [0.1, 0.15) is 5.75 Å². The topological polar surface area (TPSA) is 29.5 Å². The Labute approximate surface area is 73.3 Å². The second kappa shape index (κ2) is 4.17. The van der Waals surface area contributed by atoms with Crippen LogP contribution in [0.1, 0.15) is 6.92 Å². The summed E-state index contributed by atoms with van der Waals surface area (Å²) in [7, 11) is 0. The molecular weight excluding hydrogens is 151 g/mol. The molecule has 0 aliphatic carbocycles. The van der Waals surface area contributed by atoms with Crippen molar-refractivity contribution in [3.05, 3.63) is 24.3 Å². The molecule has 0 atom stereocenters. The summed E-state index contributed by atoms with van der Waals surface area (Å²) >= 11 is 0. The van der Waals surface area contributed by atoms with Crippen molar-refractivity contribution in [1.82, 2.24) is 0 Å². The van der Waals surface area contributed by atoms with Gasteiger partial charge < -0.3 is 9.76 Å². The van der Waals surface area contributed by atoms with Crippen LogP contribution in [0.5, 0.6) is 5.75 Å². The minimum atomic E-state index is -0.402. The van der Waals surface area contributed by atoms with Crippen molar-refractivity contribution in [3.8, 4) is 5.75 Å². The smallest absolute Gasteiger partial charge is 0.320 e. The predicted octanol–water partition coefficient (Wildman–Crippen LogP) is 0.906. The maximum absolute atomic E-state index is 9.20. The lowest BCUT2D eigenvalue weighted by atomic mass is 9.64. The Bertz CT molecular complexity index is 231. The zero-order chi connectivity index (χ0) is 8.97. The summed E-state index contributed by atoms with van der Waals surface area (Å²) in [6.07, 6.45) is 0. The lowest BCUT2D eigenvalue weighted by molar-refractivity contribution is 0.340. The van der Waals surface area contributed by atoms with Crippen LogP contribution in [0.3, 0.4) is 0 Å². The van der Waals surface area contributed by atoms with Crippen LogP contribution in [0.15, 0.2) is 24.3 Å². The molecule has 0 aliphatic rings. The first kappa shape index (κ1) is 9.14. The van der Waals surface area contributed by atoms with Gasteiger partial charge in [0, 0.05) is 0 Å². The monoisotopic (exact) mass is 164 g/mol. The van der Waals surface area contributed by atoms with Crippen molar-refractivity contribution in [2.24, 2.45) is 0 Å². The number of ether oxygens (including phenoxy) is 1. The molecule has 1 aromatic rings. The van der Waals surface area contributed by atoms with E-state index in [0.29, 0.717) is 6.61 Å². The van der Waals surface area contributed by atoms with Gasteiger partial charge in [-0.15, -0.1) is 0 Å². The third-order valence-electron chi connectivity index (χ3n) is 1.67.